The molecule has 0 bridgehead atoms. The Balaban J connectivity index is 0.000000288. The Morgan fingerprint density at radius 3 is 1.77 bits per heavy atom. The summed E-state index contributed by atoms with van der Waals surface area (Å²) >= 11 is 0. The van der Waals surface area contributed by atoms with Gasteiger partial charge in [0.2, 0.25) is 0 Å². The van der Waals surface area contributed by atoms with Crippen LogP contribution in [0, 0.1) is 36.0 Å². The first-order chi connectivity index (χ1) is 14.7. The molecule has 0 atom stereocenters. The summed E-state index contributed by atoms with van der Waals surface area (Å²) in [6.45, 7) is 2.07. The van der Waals surface area contributed by atoms with Crippen molar-refractivity contribution in [2.45, 2.75) is 6.92 Å². The van der Waals surface area contributed by atoms with E-state index in [-0.39, 0.29) is 0 Å². The van der Waals surface area contributed by atoms with E-state index in [2.05, 4.69) is 41.2 Å². The first-order valence-corrected chi connectivity index (χ1v) is 8.39. The van der Waals surface area contributed by atoms with Gasteiger partial charge in [-0.05, 0) is 30.2 Å². The fourth-order valence-corrected chi connectivity index (χ4v) is 2.46. The van der Waals surface area contributed by atoms with Crippen molar-refractivity contribution in [2.24, 2.45) is 17.5 Å². The van der Waals surface area contributed by atoms with Crippen molar-refractivity contribution in [3.8, 4) is 11.1 Å². The van der Waals surface area contributed by atoms with Crippen molar-refractivity contribution in [3.05, 3.63) is 77.2 Å². The minimum Gasteiger partial charge on any atom is -0.423 e. The van der Waals surface area contributed by atoms with Crippen LogP contribution in [0.15, 0.2) is 42.6 Å². The molecule has 3 aromatic rings. The smallest absolute Gasteiger partial charge is 0.423 e. The van der Waals surface area contributed by atoms with Gasteiger partial charge >= 0.3 is 7.12 Å². The zero-order valence-corrected chi connectivity index (χ0v) is 16.1. The van der Waals surface area contributed by atoms with E-state index < -0.39 is 41.7 Å². The van der Waals surface area contributed by atoms with Gasteiger partial charge in [-0.3, -0.25) is 11.7 Å². The number of aryl methyl sites for hydroxylation is 1. The Morgan fingerprint density at radius 1 is 0.806 bits per heavy atom. The number of hydrazine groups is 2. The molecule has 3 rings (SSSR count). The number of nitrogens with two attached hydrogens (primary N) is 3. The van der Waals surface area contributed by atoms with Gasteiger partial charge in [-0.15, -0.1) is 0 Å². The molecule has 31 heavy (non-hydrogen) atoms. The lowest BCUT2D eigenvalue weighted by Gasteiger charge is -2.09. The van der Waals surface area contributed by atoms with Gasteiger partial charge in [0.1, 0.15) is 5.82 Å². The first kappa shape index (κ1) is 25.9. The van der Waals surface area contributed by atoms with E-state index in [1.54, 1.807) is 6.20 Å². The molecule has 0 aliphatic rings. The molecule has 9 N–H and O–H groups in total. The minimum atomic E-state index is -2.76. The molecule has 0 fully saturated rings. The Hall–Kier alpha value is -3.10. The summed E-state index contributed by atoms with van der Waals surface area (Å²) in [5, 5.41) is 16.7. The highest BCUT2D eigenvalue weighted by Gasteiger charge is 2.31. The van der Waals surface area contributed by atoms with Gasteiger partial charge in [0.25, 0.3) is 0 Å². The van der Waals surface area contributed by atoms with Crippen LogP contribution in [-0.2, 0) is 0 Å². The third-order valence-corrected chi connectivity index (χ3v) is 3.88. The van der Waals surface area contributed by atoms with Crippen LogP contribution in [0.4, 0.5) is 27.8 Å². The molecule has 1 aromatic heterocycles. The van der Waals surface area contributed by atoms with Gasteiger partial charge < -0.3 is 15.5 Å². The van der Waals surface area contributed by atoms with Crippen LogP contribution >= 0.6 is 0 Å². The van der Waals surface area contributed by atoms with Crippen LogP contribution in [0.25, 0.3) is 11.1 Å². The standard InChI is InChI=1S/C12H13N3.C6H2BF5O2.H4N2/c1-9-5-2-3-6-10(9)11-7-4-8-14-12(11)15-13;8-2-1(7(13)14)3(9)5(11)6(12)4(2)10;1-2/h2-8H,13H2,1H3,(H,14,15);13-14H;1-2H2. The number of hydrogen-bond donors (Lipinski definition) is 6. The lowest BCUT2D eigenvalue weighted by atomic mass is 9.79. The highest BCUT2D eigenvalue weighted by atomic mass is 19.2. The Kier molecular flexibility index (Phi) is 9.98. The SMILES string of the molecule is Cc1ccccc1-c1cccnc1NN.NN.OB(O)c1c(F)c(F)c(F)c(F)c1F. The summed E-state index contributed by atoms with van der Waals surface area (Å²) in [6, 6.07) is 12.1. The average Bonchev–Trinajstić information content (AvgIpc) is 2.78. The van der Waals surface area contributed by atoms with E-state index in [9.17, 15) is 22.0 Å². The van der Waals surface area contributed by atoms with Crippen molar-refractivity contribution in [2.75, 3.05) is 5.43 Å². The monoisotopic (exact) mass is 443 g/mol. The third-order valence-electron chi connectivity index (χ3n) is 3.88. The maximum atomic E-state index is 12.6. The number of benzene rings is 2. The topological polar surface area (TPSA) is 143 Å². The number of rotatable bonds is 3. The van der Waals surface area contributed by atoms with Gasteiger partial charge in [-0.1, -0.05) is 24.3 Å². The molecule has 13 heteroatoms. The summed E-state index contributed by atoms with van der Waals surface area (Å²) in [6.07, 6.45) is 1.72. The molecule has 0 aliphatic carbocycles. The van der Waals surface area contributed by atoms with E-state index >= 15 is 0 Å². The summed E-state index contributed by atoms with van der Waals surface area (Å²) in [5.74, 6) is 2.84. The number of aromatic nitrogens is 1. The van der Waals surface area contributed by atoms with Gasteiger partial charge in [0.05, 0.1) is 5.46 Å². The van der Waals surface area contributed by atoms with Crippen molar-refractivity contribution < 1.29 is 32.0 Å². The molecule has 0 saturated carbocycles. The predicted octanol–water partition coefficient (Wildman–Crippen LogP) is 1.22. The van der Waals surface area contributed by atoms with E-state index in [1.165, 1.54) is 5.56 Å². The van der Waals surface area contributed by atoms with E-state index in [0.717, 1.165) is 11.1 Å². The second-order valence-corrected chi connectivity index (χ2v) is 5.72. The molecule has 1 heterocycles. The van der Waals surface area contributed by atoms with Crippen molar-refractivity contribution >= 4 is 18.4 Å². The molecular weight excluding hydrogens is 424 g/mol. The zero-order valence-electron chi connectivity index (χ0n) is 16.1. The number of hydrogen-bond acceptors (Lipinski definition) is 7. The zero-order chi connectivity index (χ0) is 23.7. The van der Waals surface area contributed by atoms with E-state index in [0.29, 0.717) is 5.82 Å². The van der Waals surface area contributed by atoms with Crippen molar-refractivity contribution in [1.29, 1.82) is 0 Å². The summed E-state index contributed by atoms with van der Waals surface area (Å²) in [5.41, 5.74) is 4.33. The van der Waals surface area contributed by atoms with Crippen LogP contribution in [0.3, 0.4) is 0 Å². The molecule has 0 radical (unpaired) electrons. The number of nitrogen functional groups attached to an aromatic ring is 1. The lowest BCUT2D eigenvalue weighted by molar-refractivity contribution is 0.373. The highest BCUT2D eigenvalue weighted by molar-refractivity contribution is 6.58. The second-order valence-electron chi connectivity index (χ2n) is 5.72. The fraction of sp³-hybridized carbons (Fsp3) is 0.0556. The summed E-state index contributed by atoms with van der Waals surface area (Å²) in [7, 11) is -2.76. The van der Waals surface area contributed by atoms with Crippen LogP contribution in [0.1, 0.15) is 5.56 Å². The average molecular weight is 443 g/mol. The molecule has 0 amide bonds. The van der Waals surface area contributed by atoms with Gasteiger partial charge in [0.15, 0.2) is 29.1 Å². The maximum absolute atomic E-state index is 12.6. The third kappa shape index (κ3) is 5.96. The normalized spacial score (nSPS) is 9.77. The van der Waals surface area contributed by atoms with Crippen LogP contribution in [0.2, 0.25) is 0 Å². The molecule has 0 unspecified atom stereocenters. The molecule has 0 spiro atoms. The maximum Gasteiger partial charge on any atom is 0.494 e. The Labute approximate surface area is 174 Å². The van der Waals surface area contributed by atoms with Crippen molar-refractivity contribution in [3.63, 3.8) is 0 Å². The number of anilines is 1. The van der Waals surface area contributed by atoms with Gasteiger partial charge in [0, 0.05) is 11.8 Å². The Morgan fingerprint density at radius 2 is 1.29 bits per heavy atom. The molecular formula is C18H19BF5N5O2. The number of halogens is 5. The molecule has 0 aliphatic heterocycles. The fourth-order valence-electron chi connectivity index (χ4n) is 2.46. The van der Waals surface area contributed by atoms with Gasteiger partial charge in [-0.25, -0.2) is 32.8 Å². The van der Waals surface area contributed by atoms with Crippen LogP contribution in [0.5, 0.6) is 0 Å². The van der Waals surface area contributed by atoms with Crippen LogP contribution < -0.4 is 28.4 Å². The predicted molar refractivity (Wildman–Crippen MR) is 107 cm³/mol. The quantitative estimate of drug-likeness (QED) is 0.0893. The Bertz CT molecular complexity index is 998. The van der Waals surface area contributed by atoms with E-state index in [4.69, 9.17) is 15.9 Å². The molecule has 2 aromatic carbocycles. The molecule has 7 nitrogen and oxygen atoms in total. The first-order valence-electron chi connectivity index (χ1n) is 8.39. The minimum absolute atomic E-state index is 0.701. The largest absolute Gasteiger partial charge is 0.494 e. The molecule has 166 valence electrons. The summed E-state index contributed by atoms with van der Waals surface area (Å²) in [4.78, 5) is 4.18. The molecule has 0 saturated heterocycles. The number of pyridine rings is 1. The number of nitrogens with one attached hydrogen (secondary N) is 1. The van der Waals surface area contributed by atoms with Crippen LogP contribution in [-0.4, -0.2) is 22.2 Å². The van der Waals surface area contributed by atoms with E-state index in [1.807, 2.05) is 24.3 Å². The second kappa shape index (κ2) is 11.9. The lowest BCUT2D eigenvalue weighted by Crippen LogP contribution is -2.38. The highest BCUT2D eigenvalue weighted by Crippen LogP contribution is 2.27. The summed E-state index contributed by atoms with van der Waals surface area (Å²) < 4.78 is 62.4. The number of nitrogens with zero attached hydrogens (tertiary/aromatic N) is 1. The van der Waals surface area contributed by atoms with Crippen molar-refractivity contribution in [1.82, 2.24) is 4.98 Å². The van der Waals surface area contributed by atoms with Gasteiger partial charge in [-0.2, -0.15) is 0 Å².